The lowest BCUT2D eigenvalue weighted by Gasteiger charge is -2.62. The van der Waals surface area contributed by atoms with Crippen molar-refractivity contribution in [2.45, 2.75) is 118 Å². The molecule has 4 fully saturated rings. The van der Waals surface area contributed by atoms with Crippen molar-refractivity contribution in [2.75, 3.05) is 6.61 Å². The van der Waals surface area contributed by atoms with E-state index in [2.05, 4.69) is 40.7 Å². The molecule has 2 N–H and O–H groups in total. The Morgan fingerprint density at radius 3 is 2.24 bits per heavy atom. The fourth-order valence-corrected chi connectivity index (χ4v) is 10.2. The minimum absolute atomic E-state index is 0.118. The quantitative estimate of drug-likeness (QED) is 0.367. The molecule has 0 radical (unpaired) electrons. The normalized spacial score (nSPS) is 46.2. The van der Waals surface area contributed by atoms with Crippen molar-refractivity contribution in [3.05, 3.63) is 12.2 Å². The van der Waals surface area contributed by atoms with E-state index in [0.29, 0.717) is 22.7 Å². The maximum Gasteiger partial charge on any atom is 0.0612 e. The molecular formula is C31H54O2. The highest BCUT2D eigenvalue weighted by Crippen LogP contribution is 2.69. The Morgan fingerprint density at radius 1 is 0.818 bits per heavy atom. The molecule has 4 aliphatic carbocycles. The highest BCUT2D eigenvalue weighted by atomic mass is 16.3. The summed E-state index contributed by atoms with van der Waals surface area (Å²) in [6.07, 6.45) is 19.7. The minimum Gasteiger partial charge on any atom is -0.393 e. The van der Waals surface area contributed by atoms with E-state index in [0.717, 1.165) is 48.3 Å². The Hall–Kier alpha value is -0.340. The molecule has 0 aromatic carbocycles. The number of aliphatic hydroxyl groups is 2. The Labute approximate surface area is 205 Å². The largest absolute Gasteiger partial charge is 0.393 e. The number of aliphatic hydroxyl groups excluding tert-OH is 2. The van der Waals surface area contributed by atoms with Crippen LogP contribution in [0.25, 0.3) is 0 Å². The van der Waals surface area contributed by atoms with Crippen LogP contribution in [0.15, 0.2) is 12.2 Å². The van der Waals surface area contributed by atoms with Gasteiger partial charge in [-0.15, -0.1) is 0 Å². The third kappa shape index (κ3) is 4.74. The van der Waals surface area contributed by atoms with Gasteiger partial charge in [0.15, 0.2) is 0 Å². The Bertz CT molecular complexity index is 670. The molecule has 0 amide bonds. The molecule has 4 saturated carbocycles. The zero-order valence-corrected chi connectivity index (χ0v) is 22.4. The smallest absolute Gasteiger partial charge is 0.0612 e. The second kappa shape index (κ2) is 10.3. The maximum atomic E-state index is 10.9. The third-order valence-corrected chi connectivity index (χ3v) is 11.8. The first-order valence-corrected chi connectivity index (χ1v) is 14.7. The molecule has 190 valence electrons. The molecule has 4 rings (SSSR count). The SMILES string of the molecule is CC(C)CCC[C@@H](C)[C@H]1CC[C@H]2[C@@H]3CC[C@H]4[C@H](C/C=C/CO)[C@H](O)CC[C@]4(C)[C@H]3CC[C@]12C. The molecule has 0 bridgehead atoms. The maximum absolute atomic E-state index is 10.9. The summed E-state index contributed by atoms with van der Waals surface area (Å²) in [6, 6.07) is 0. The van der Waals surface area contributed by atoms with Crippen molar-refractivity contribution < 1.29 is 10.2 Å². The van der Waals surface area contributed by atoms with E-state index < -0.39 is 0 Å². The second-order valence-corrected chi connectivity index (χ2v) is 13.8. The van der Waals surface area contributed by atoms with Crippen molar-refractivity contribution in [2.24, 2.45) is 58.2 Å². The fourth-order valence-electron chi connectivity index (χ4n) is 10.2. The number of rotatable bonds is 8. The molecular weight excluding hydrogens is 404 g/mol. The van der Waals surface area contributed by atoms with Gasteiger partial charge in [-0.2, -0.15) is 0 Å². The summed E-state index contributed by atoms with van der Waals surface area (Å²) in [5.41, 5.74) is 0.973. The number of allylic oxidation sites excluding steroid dienone is 1. The monoisotopic (exact) mass is 458 g/mol. The Kier molecular flexibility index (Phi) is 8.06. The molecule has 0 heterocycles. The van der Waals surface area contributed by atoms with Crippen molar-refractivity contribution in [1.82, 2.24) is 0 Å². The van der Waals surface area contributed by atoms with Crippen LogP contribution in [0.3, 0.4) is 0 Å². The summed E-state index contributed by atoms with van der Waals surface area (Å²) in [7, 11) is 0. The number of hydrogen-bond acceptors (Lipinski definition) is 2. The van der Waals surface area contributed by atoms with E-state index in [1.807, 2.05) is 6.08 Å². The average molecular weight is 459 g/mol. The number of hydrogen-bond donors (Lipinski definition) is 2. The van der Waals surface area contributed by atoms with Gasteiger partial charge in [-0.3, -0.25) is 0 Å². The van der Waals surface area contributed by atoms with Gasteiger partial charge >= 0.3 is 0 Å². The van der Waals surface area contributed by atoms with Gasteiger partial charge in [-0.05, 0) is 116 Å². The van der Waals surface area contributed by atoms with Gasteiger partial charge in [0.25, 0.3) is 0 Å². The summed E-state index contributed by atoms with van der Waals surface area (Å²) in [4.78, 5) is 0. The average Bonchev–Trinajstić information content (AvgIpc) is 3.12. The molecule has 4 aliphatic rings. The summed E-state index contributed by atoms with van der Waals surface area (Å²) >= 11 is 0. The van der Waals surface area contributed by atoms with Crippen LogP contribution in [-0.4, -0.2) is 22.9 Å². The summed E-state index contributed by atoms with van der Waals surface area (Å²) in [6.45, 7) is 12.8. The summed E-state index contributed by atoms with van der Waals surface area (Å²) in [5.74, 6) is 6.42. The lowest BCUT2D eigenvalue weighted by atomic mass is 9.43. The van der Waals surface area contributed by atoms with Crippen molar-refractivity contribution >= 4 is 0 Å². The summed E-state index contributed by atoms with van der Waals surface area (Å²) in [5, 5.41) is 20.1. The van der Waals surface area contributed by atoms with E-state index >= 15 is 0 Å². The molecule has 0 aromatic rings. The molecule has 0 saturated heterocycles. The van der Waals surface area contributed by atoms with Gasteiger partial charge in [0.1, 0.15) is 0 Å². The van der Waals surface area contributed by atoms with E-state index in [9.17, 15) is 10.2 Å². The van der Waals surface area contributed by atoms with Crippen LogP contribution < -0.4 is 0 Å². The van der Waals surface area contributed by atoms with Crippen LogP contribution in [0, 0.1) is 58.2 Å². The summed E-state index contributed by atoms with van der Waals surface area (Å²) < 4.78 is 0. The van der Waals surface area contributed by atoms with Gasteiger partial charge in [-0.25, -0.2) is 0 Å². The first kappa shape index (κ1) is 25.7. The molecule has 0 aromatic heterocycles. The number of fused-ring (bicyclic) bond motifs is 5. The van der Waals surface area contributed by atoms with Crippen LogP contribution in [0.1, 0.15) is 112 Å². The predicted molar refractivity (Wildman–Crippen MR) is 139 cm³/mol. The van der Waals surface area contributed by atoms with E-state index in [1.165, 1.54) is 64.2 Å². The Morgan fingerprint density at radius 2 is 1.52 bits per heavy atom. The molecule has 10 atom stereocenters. The third-order valence-electron chi connectivity index (χ3n) is 11.8. The van der Waals surface area contributed by atoms with Crippen LogP contribution in [0.4, 0.5) is 0 Å². The molecule has 0 spiro atoms. The van der Waals surface area contributed by atoms with Crippen LogP contribution >= 0.6 is 0 Å². The molecule has 0 aliphatic heterocycles. The standard InChI is InChI=1S/C31H54O2/c1-21(2)9-8-10-22(3)25-14-15-26-23-12-13-27-24(11-6-7-20-32)29(33)17-19-31(27,5)28(23)16-18-30(25,26)4/h6-7,21-29,32-33H,8-20H2,1-5H3/b7-6+/t22-,23+,24+,25-,26+,27+,28+,29-,30-,31+/m1/s1. The van der Waals surface area contributed by atoms with Crippen LogP contribution in [0.2, 0.25) is 0 Å². The predicted octanol–water partition coefficient (Wildman–Crippen LogP) is 7.63. The van der Waals surface area contributed by atoms with Gasteiger partial charge in [0, 0.05) is 0 Å². The zero-order chi connectivity index (χ0) is 23.8. The van der Waals surface area contributed by atoms with Crippen LogP contribution in [0.5, 0.6) is 0 Å². The Balaban J connectivity index is 1.47. The lowest BCUT2D eigenvalue weighted by Crippen LogP contribution is -2.56. The molecule has 2 nitrogen and oxygen atoms in total. The van der Waals surface area contributed by atoms with Gasteiger partial charge in [0.05, 0.1) is 12.7 Å². The molecule has 0 unspecified atom stereocenters. The van der Waals surface area contributed by atoms with Crippen molar-refractivity contribution in [3.8, 4) is 0 Å². The lowest BCUT2D eigenvalue weighted by molar-refractivity contribution is -0.152. The second-order valence-electron chi connectivity index (χ2n) is 13.8. The molecule has 2 heteroatoms. The minimum atomic E-state index is -0.153. The fraction of sp³-hybridized carbons (Fsp3) is 0.935. The first-order chi connectivity index (χ1) is 15.7. The van der Waals surface area contributed by atoms with E-state index in [1.54, 1.807) is 0 Å². The van der Waals surface area contributed by atoms with Crippen molar-refractivity contribution in [1.29, 1.82) is 0 Å². The van der Waals surface area contributed by atoms with Gasteiger partial charge in [0.2, 0.25) is 0 Å². The van der Waals surface area contributed by atoms with E-state index in [4.69, 9.17) is 0 Å². The first-order valence-electron chi connectivity index (χ1n) is 14.7. The van der Waals surface area contributed by atoms with Crippen molar-refractivity contribution in [3.63, 3.8) is 0 Å². The van der Waals surface area contributed by atoms with Crippen LogP contribution in [-0.2, 0) is 0 Å². The highest BCUT2D eigenvalue weighted by molar-refractivity contribution is 5.11. The van der Waals surface area contributed by atoms with Gasteiger partial charge in [-0.1, -0.05) is 66.0 Å². The highest BCUT2D eigenvalue weighted by Gasteiger charge is 2.61. The zero-order valence-electron chi connectivity index (χ0n) is 22.4. The van der Waals surface area contributed by atoms with E-state index in [-0.39, 0.29) is 12.7 Å². The topological polar surface area (TPSA) is 40.5 Å². The molecule has 33 heavy (non-hydrogen) atoms. The van der Waals surface area contributed by atoms with Gasteiger partial charge < -0.3 is 10.2 Å².